The lowest BCUT2D eigenvalue weighted by molar-refractivity contribution is -0.122. The minimum atomic E-state index is 0.127. The van der Waals surface area contributed by atoms with Crippen LogP contribution >= 0.6 is 0 Å². The third kappa shape index (κ3) is 7.50. The Morgan fingerprint density at radius 2 is 2.37 bits per heavy atom. The molecular weight excluding hydrogens is 242 g/mol. The lowest BCUT2D eigenvalue weighted by Crippen LogP contribution is -2.44. The third-order valence-electron chi connectivity index (χ3n) is 3.47. The standard InChI is InChI=1S/C14H29N3O2/c1-3-4-7-16-14(18)12-17(9-10-19-2)11-13-6-5-8-15-13/h13,15H,3-12H2,1-2H3,(H,16,18). The Morgan fingerprint density at radius 1 is 1.53 bits per heavy atom. The van der Waals surface area contributed by atoms with Crippen molar-refractivity contribution in [2.45, 2.75) is 38.6 Å². The summed E-state index contributed by atoms with van der Waals surface area (Å²) in [6, 6.07) is 0.528. The van der Waals surface area contributed by atoms with Crippen molar-refractivity contribution in [3.05, 3.63) is 0 Å². The zero-order chi connectivity index (χ0) is 13.9. The number of methoxy groups -OCH3 is 1. The number of carbonyl (C=O) groups excluding carboxylic acids is 1. The zero-order valence-electron chi connectivity index (χ0n) is 12.4. The Labute approximate surface area is 117 Å². The number of amides is 1. The van der Waals surface area contributed by atoms with E-state index in [4.69, 9.17) is 4.74 Å². The molecule has 0 aliphatic carbocycles. The van der Waals surface area contributed by atoms with Gasteiger partial charge in [-0.05, 0) is 25.8 Å². The molecule has 1 aliphatic heterocycles. The molecule has 5 nitrogen and oxygen atoms in total. The first-order valence-electron chi connectivity index (χ1n) is 7.47. The number of nitrogens with zero attached hydrogens (tertiary/aromatic N) is 1. The topological polar surface area (TPSA) is 53.6 Å². The second kappa shape index (κ2) is 10.2. The predicted octanol–water partition coefficient (Wildman–Crippen LogP) is 0.603. The summed E-state index contributed by atoms with van der Waals surface area (Å²) >= 11 is 0. The highest BCUT2D eigenvalue weighted by atomic mass is 16.5. The molecule has 19 heavy (non-hydrogen) atoms. The first-order valence-corrected chi connectivity index (χ1v) is 7.47. The normalized spacial score (nSPS) is 19.0. The highest BCUT2D eigenvalue weighted by molar-refractivity contribution is 5.77. The van der Waals surface area contributed by atoms with Gasteiger partial charge in [-0.3, -0.25) is 9.69 Å². The molecular formula is C14H29N3O2. The zero-order valence-corrected chi connectivity index (χ0v) is 12.4. The van der Waals surface area contributed by atoms with Crippen molar-refractivity contribution in [1.82, 2.24) is 15.5 Å². The number of unbranched alkanes of at least 4 members (excludes halogenated alkanes) is 1. The molecule has 1 rings (SSSR count). The molecule has 1 unspecified atom stereocenters. The molecule has 1 fully saturated rings. The lowest BCUT2D eigenvalue weighted by Gasteiger charge is -2.24. The van der Waals surface area contributed by atoms with Gasteiger partial charge in [0, 0.05) is 32.8 Å². The van der Waals surface area contributed by atoms with E-state index in [1.807, 2.05) is 0 Å². The molecule has 0 aromatic rings. The number of carbonyl (C=O) groups is 1. The lowest BCUT2D eigenvalue weighted by atomic mass is 10.2. The Kier molecular flexibility index (Phi) is 8.79. The van der Waals surface area contributed by atoms with E-state index in [9.17, 15) is 4.79 Å². The Morgan fingerprint density at radius 3 is 3.00 bits per heavy atom. The molecule has 1 amide bonds. The Hall–Kier alpha value is -0.650. The summed E-state index contributed by atoms with van der Waals surface area (Å²) in [6.07, 6.45) is 4.61. The number of hydrogen-bond acceptors (Lipinski definition) is 4. The monoisotopic (exact) mass is 271 g/mol. The summed E-state index contributed by atoms with van der Waals surface area (Å²) in [6.45, 7) is 6.92. The molecule has 1 heterocycles. The van der Waals surface area contributed by atoms with Gasteiger partial charge in [0.25, 0.3) is 0 Å². The molecule has 0 aromatic heterocycles. The van der Waals surface area contributed by atoms with Gasteiger partial charge in [-0.25, -0.2) is 0 Å². The van der Waals surface area contributed by atoms with Gasteiger partial charge in [-0.15, -0.1) is 0 Å². The van der Waals surface area contributed by atoms with Crippen molar-refractivity contribution in [3.63, 3.8) is 0 Å². The van der Waals surface area contributed by atoms with E-state index >= 15 is 0 Å². The molecule has 0 radical (unpaired) electrons. The minimum absolute atomic E-state index is 0.127. The fourth-order valence-corrected chi connectivity index (χ4v) is 2.34. The molecule has 1 aliphatic rings. The minimum Gasteiger partial charge on any atom is -0.383 e. The van der Waals surface area contributed by atoms with Crippen LogP contribution in [0.4, 0.5) is 0 Å². The van der Waals surface area contributed by atoms with E-state index in [2.05, 4.69) is 22.5 Å². The average molecular weight is 271 g/mol. The highest BCUT2D eigenvalue weighted by Crippen LogP contribution is 2.06. The molecule has 0 saturated carbocycles. The van der Waals surface area contributed by atoms with E-state index in [0.29, 0.717) is 19.2 Å². The van der Waals surface area contributed by atoms with Gasteiger partial charge in [0.1, 0.15) is 0 Å². The van der Waals surface area contributed by atoms with Crippen molar-refractivity contribution < 1.29 is 9.53 Å². The van der Waals surface area contributed by atoms with E-state index < -0.39 is 0 Å². The fourth-order valence-electron chi connectivity index (χ4n) is 2.34. The number of hydrogen-bond donors (Lipinski definition) is 2. The summed E-state index contributed by atoms with van der Waals surface area (Å²) in [5.74, 6) is 0.127. The third-order valence-corrected chi connectivity index (χ3v) is 3.47. The molecule has 5 heteroatoms. The van der Waals surface area contributed by atoms with Crippen LogP contribution in [0.3, 0.4) is 0 Å². The number of nitrogens with one attached hydrogen (secondary N) is 2. The second-order valence-electron chi connectivity index (χ2n) is 5.22. The molecule has 1 saturated heterocycles. The predicted molar refractivity (Wildman–Crippen MR) is 77.3 cm³/mol. The maximum absolute atomic E-state index is 11.9. The van der Waals surface area contributed by atoms with E-state index in [1.165, 1.54) is 12.8 Å². The number of rotatable bonds is 10. The van der Waals surface area contributed by atoms with Crippen molar-refractivity contribution in [1.29, 1.82) is 0 Å². The fraction of sp³-hybridized carbons (Fsp3) is 0.929. The Bertz CT molecular complexity index is 243. The van der Waals surface area contributed by atoms with Crippen LogP contribution in [0.2, 0.25) is 0 Å². The molecule has 0 bridgehead atoms. The summed E-state index contributed by atoms with van der Waals surface area (Å²) in [4.78, 5) is 14.0. The van der Waals surface area contributed by atoms with Crippen LogP contribution in [-0.2, 0) is 9.53 Å². The average Bonchev–Trinajstić information content (AvgIpc) is 2.89. The van der Waals surface area contributed by atoms with Crippen LogP contribution in [0.15, 0.2) is 0 Å². The van der Waals surface area contributed by atoms with Crippen molar-refractivity contribution >= 4 is 5.91 Å². The largest absolute Gasteiger partial charge is 0.383 e. The molecule has 2 N–H and O–H groups in total. The first kappa shape index (κ1) is 16.4. The van der Waals surface area contributed by atoms with E-state index in [0.717, 1.165) is 39.0 Å². The van der Waals surface area contributed by atoms with Crippen molar-refractivity contribution in [3.8, 4) is 0 Å². The summed E-state index contributed by atoms with van der Waals surface area (Å²) in [5.41, 5.74) is 0. The van der Waals surface area contributed by atoms with Gasteiger partial charge in [0.15, 0.2) is 0 Å². The highest BCUT2D eigenvalue weighted by Gasteiger charge is 2.19. The van der Waals surface area contributed by atoms with Crippen LogP contribution in [0.5, 0.6) is 0 Å². The van der Waals surface area contributed by atoms with Gasteiger partial charge in [-0.2, -0.15) is 0 Å². The molecule has 0 spiro atoms. The van der Waals surface area contributed by atoms with Gasteiger partial charge < -0.3 is 15.4 Å². The Balaban J connectivity index is 2.28. The molecule has 112 valence electrons. The summed E-state index contributed by atoms with van der Waals surface area (Å²) < 4.78 is 5.12. The van der Waals surface area contributed by atoms with Crippen LogP contribution < -0.4 is 10.6 Å². The SMILES string of the molecule is CCCCNC(=O)CN(CCOC)CC1CCCN1. The van der Waals surface area contributed by atoms with Crippen LogP contribution in [-0.4, -0.2) is 63.3 Å². The van der Waals surface area contributed by atoms with E-state index in [1.54, 1.807) is 7.11 Å². The summed E-state index contributed by atoms with van der Waals surface area (Å²) in [7, 11) is 1.70. The van der Waals surface area contributed by atoms with E-state index in [-0.39, 0.29) is 5.91 Å². The number of ether oxygens (including phenoxy) is 1. The van der Waals surface area contributed by atoms with Crippen LogP contribution in [0, 0.1) is 0 Å². The van der Waals surface area contributed by atoms with Crippen molar-refractivity contribution in [2.75, 3.05) is 46.4 Å². The van der Waals surface area contributed by atoms with Gasteiger partial charge >= 0.3 is 0 Å². The van der Waals surface area contributed by atoms with Crippen LogP contribution in [0.1, 0.15) is 32.6 Å². The first-order chi connectivity index (χ1) is 9.26. The second-order valence-corrected chi connectivity index (χ2v) is 5.22. The van der Waals surface area contributed by atoms with Crippen LogP contribution in [0.25, 0.3) is 0 Å². The molecule has 0 aromatic carbocycles. The maximum atomic E-state index is 11.9. The van der Waals surface area contributed by atoms with Gasteiger partial charge in [0.05, 0.1) is 13.2 Å². The smallest absolute Gasteiger partial charge is 0.234 e. The van der Waals surface area contributed by atoms with Gasteiger partial charge in [-0.1, -0.05) is 13.3 Å². The molecule has 1 atom stereocenters. The quantitative estimate of drug-likeness (QED) is 0.572. The van der Waals surface area contributed by atoms with Gasteiger partial charge in [0.2, 0.25) is 5.91 Å². The summed E-state index contributed by atoms with van der Waals surface area (Å²) in [5, 5.41) is 6.45. The van der Waals surface area contributed by atoms with Crippen molar-refractivity contribution in [2.24, 2.45) is 0 Å². The maximum Gasteiger partial charge on any atom is 0.234 e.